The quantitative estimate of drug-likeness (QED) is 0.314. The van der Waals surface area contributed by atoms with Gasteiger partial charge in [-0.25, -0.2) is 8.78 Å². The second-order valence-electron chi connectivity index (χ2n) is 3.12. The highest BCUT2D eigenvalue weighted by Gasteiger charge is 2.05. The second kappa shape index (κ2) is 6.71. The molecule has 0 unspecified atom stereocenters. The Kier molecular flexibility index (Phi) is 5.19. The van der Waals surface area contributed by atoms with Crippen LogP contribution in [0.25, 0.3) is 0 Å². The van der Waals surface area contributed by atoms with Crippen molar-refractivity contribution in [2.75, 3.05) is 6.61 Å². The van der Waals surface area contributed by atoms with E-state index in [0.717, 1.165) is 0 Å². The van der Waals surface area contributed by atoms with Crippen LogP contribution in [-0.2, 0) is 4.84 Å². The van der Waals surface area contributed by atoms with Crippen LogP contribution in [0.2, 0.25) is 0 Å². The molecule has 1 aromatic carbocycles. The Hall–Kier alpha value is -1.71. The largest absolute Gasteiger partial charge is 0.395 e. The fraction of sp³-hybridized carbons (Fsp3) is 0.250. The lowest BCUT2D eigenvalue weighted by molar-refractivity contribution is 0.150. The molecule has 1 rings (SSSR count). The van der Waals surface area contributed by atoms with Gasteiger partial charge in [-0.1, -0.05) is 29.4 Å². The fourth-order valence-electron chi connectivity index (χ4n) is 1.06. The minimum atomic E-state index is -2.46. The van der Waals surface area contributed by atoms with E-state index in [0.29, 0.717) is 18.6 Å². The van der Waals surface area contributed by atoms with Gasteiger partial charge in [-0.2, -0.15) is 0 Å². The third kappa shape index (κ3) is 4.21. The average Bonchev–Trinajstić information content (AvgIpc) is 2.29. The van der Waals surface area contributed by atoms with Crippen LogP contribution in [0.3, 0.4) is 0 Å². The lowest BCUT2D eigenvalue weighted by Crippen LogP contribution is -1.89. The molecule has 0 atom stereocenters. The highest BCUT2D eigenvalue weighted by atomic mass is 19.3. The van der Waals surface area contributed by atoms with E-state index in [1.54, 1.807) is 18.2 Å². The van der Waals surface area contributed by atoms with Gasteiger partial charge in [0.1, 0.15) is 6.61 Å². The molecule has 4 heteroatoms. The van der Waals surface area contributed by atoms with Crippen LogP contribution in [0, 0.1) is 0 Å². The number of hydrogen-bond acceptors (Lipinski definition) is 2. The maximum atomic E-state index is 12.3. The normalized spacial score (nSPS) is 10.9. The molecular weight excluding hydrogens is 212 g/mol. The smallest absolute Gasteiger partial charge is 0.263 e. The van der Waals surface area contributed by atoms with Crippen LogP contribution in [0.5, 0.6) is 0 Å². The number of benzene rings is 1. The maximum Gasteiger partial charge on any atom is 0.263 e. The van der Waals surface area contributed by atoms with Crippen molar-refractivity contribution in [1.82, 2.24) is 0 Å². The molecule has 0 N–H and O–H groups in total. The molecule has 1 aromatic rings. The Labute approximate surface area is 93.2 Å². The first-order valence-electron chi connectivity index (χ1n) is 4.88. The number of alkyl halides is 2. The Balaban J connectivity index is 2.53. The van der Waals surface area contributed by atoms with Crippen molar-refractivity contribution in [1.29, 1.82) is 0 Å². The van der Waals surface area contributed by atoms with E-state index in [4.69, 9.17) is 4.84 Å². The minimum absolute atomic E-state index is 0.0185. The van der Waals surface area contributed by atoms with Crippen LogP contribution in [0.4, 0.5) is 8.78 Å². The van der Waals surface area contributed by atoms with E-state index in [1.165, 1.54) is 18.3 Å². The summed E-state index contributed by atoms with van der Waals surface area (Å²) >= 11 is 0. The van der Waals surface area contributed by atoms with Crippen molar-refractivity contribution < 1.29 is 13.6 Å². The highest BCUT2D eigenvalue weighted by Crippen LogP contribution is 2.18. The van der Waals surface area contributed by atoms with Gasteiger partial charge in [0.25, 0.3) is 6.43 Å². The van der Waals surface area contributed by atoms with E-state index in [2.05, 4.69) is 11.7 Å². The minimum Gasteiger partial charge on any atom is -0.395 e. The molecule has 0 saturated heterocycles. The summed E-state index contributed by atoms with van der Waals surface area (Å²) in [7, 11) is 0. The summed E-state index contributed by atoms with van der Waals surface area (Å²) in [6, 6.07) is 6.00. The molecule has 0 fully saturated rings. The molecule has 0 bridgehead atoms. The maximum absolute atomic E-state index is 12.3. The molecule has 0 aromatic heterocycles. The van der Waals surface area contributed by atoms with Gasteiger partial charge in [0.05, 0.1) is 6.21 Å². The van der Waals surface area contributed by atoms with Crippen LogP contribution in [0.1, 0.15) is 24.0 Å². The highest BCUT2D eigenvalue weighted by molar-refractivity contribution is 5.79. The Morgan fingerprint density at radius 2 is 2.25 bits per heavy atom. The lowest BCUT2D eigenvalue weighted by atomic mass is 10.1. The lowest BCUT2D eigenvalue weighted by Gasteiger charge is -2.00. The SMILES string of the molecule is C=CCCON=Cc1cccc(C(F)F)c1. The number of hydrogen-bond donors (Lipinski definition) is 0. The summed E-state index contributed by atoms with van der Waals surface area (Å²) in [4.78, 5) is 4.89. The first kappa shape index (κ1) is 12.4. The summed E-state index contributed by atoms with van der Waals surface area (Å²) in [6.07, 6.45) is 1.37. The van der Waals surface area contributed by atoms with E-state index in [1.807, 2.05) is 0 Å². The van der Waals surface area contributed by atoms with E-state index >= 15 is 0 Å². The predicted molar refractivity (Wildman–Crippen MR) is 59.8 cm³/mol. The number of rotatable bonds is 6. The monoisotopic (exact) mass is 225 g/mol. The first-order chi connectivity index (χ1) is 7.74. The zero-order chi connectivity index (χ0) is 11.8. The third-order valence-electron chi connectivity index (χ3n) is 1.85. The molecular formula is C12H13F2NO. The summed E-state index contributed by atoms with van der Waals surface area (Å²) in [5.74, 6) is 0. The van der Waals surface area contributed by atoms with Gasteiger partial charge in [0, 0.05) is 12.0 Å². The fourth-order valence-corrected chi connectivity index (χ4v) is 1.06. The number of nitrogens with zero attached hydrogens (tertiary/aromatic N) is 1. The van der Waals surface area contributed by atoms with Crippen molar-refractivity contribution >= 4 is 6.21 Å². The van der Waals surface area contributed by atoms with Crippen molar-refractivity contribution in [3.8, 4) is 0 Å². The number of oxime groups is 1. The van der Waals surface area contributed by atoms with E-state index in [-0.39, 0.29) is 5.56 Å². The molecule has 0 saturated carbocycles. The molecule has 0 amide bonds. The van der Waals surface area contributed by atoms with Crippen molar-refractivity contribution in [2.24, 2.45) is 5.16 Å². The summed E-state index contributed by atoms with van der Waals surface area (Å²) in [5.41, 5.74) is 0.575. The molecule has 0 aliphatic rings. The van der Waals surface area contributed by atoms with Gasteiger partial charge in [-0.15, -0.1) is 6.58 Å². The van der Waals surface area contributed by atoms with E-state index in [9.17, 15) is 8.78 Å². The first-order valence-corrected chi connectivity index (χ1v) is 4.88. The topological polar surface area (TPSA) is 21.6 Å². The Morgan fingerprint density at radius 3 is 2.94 bits per heavy atom. The van der Waals surface area contributed by atoms with Crippen molar-refractivity contribution in [3.63, 3.8) is 0 Å². The molecule has 86 valence electrons. The molecule has 0 heterocycles. The van der Waals surface area contributed by atoms with Crippen molar-refractivity contribution in [3.05, 3.63) is 48.0 Å². The number of halogens is 2. The van der Waals surface area contributed by atoms with Gasteiger partial charge in [-0.3, -0.25) is 0 Å². The molecule has 16 heavy (non-hydrogen) atoms. The molecule has 0 aliphatic carbocycles. The molecule has 0 aliphatic heterocycles. The molecule has 0 spiro atoms. The van der Waals surface area contributed by atoms with Crippen LogP contribution < -0.4 is 0 Å². The third-order valence-corrected chi connectivity index (χ3v) is 1.85. The Bertz CT molecular complexity index is 364. The van der Waals surface area contributed by atoms with Gasteiger partial charge in [0.15, 0.2) is 0 Å². The van der Waals surface area contributed by atoms with Gasteiger partial charge in [0.2, 0.25) is 0 Å². The Morgan fingerprint density at radius 1 is 1.44 bits per heavy atom. The van der Waals surface area contributed by atoms with Gasteiger partial charge >= 0.3 is 0 Å². The summed E-state index contributed by atoms with van der Waals surface area (Å²) < 4.78 is 24.7. The van der Waals surface area contributed by atoms with Crippen LogP contribution in [-0.4, -0.2) is 12.8 Å². The van der Waals surface area contributed by atoms with Crippen LogP contribution in [0.15, 0.2) is 42.1 Å². The molecule has 2 nitrogen and oxygen atoms in total. The van der Waals surface area contributed by atoms with Gasteiger partial charge in [-0.05, 0) is 11.6 Å². The van der Waals surface area contributed by atoms with Crippen molar-refractivity contribution in [2.45, 2.75) is 12.8 Å². The predicted octanol–water partition coefficient (Wildman–Crippen LogP) is 3.55. The zero-order valence-electron chi connectivity index (χ0n) is 8.77. The summed E-state index contributed by atoms with van der Waals surface area (Å²) in [5, 5.41) is 3.66. The van der Waals surface area contributed by atoms with E-state index < -0.39 is 6.43 Å². The van der Waals surface area contributed by atoms with Gasteiger partial charge < -0.3 is 4.84 Å². The standard InChI is InChI=1S/C12H13F2NO/c1-2-3-7-16-15-9-10-5-4-6-11(8-10)12(13)14/h2,4-6,8-9,12H,1,3,7H2. The molecule has 0 radical (unpaired) electrons. The van der Waals surface area contributed by atoms with Crippen LogP contribution >= 0.6 is 0 Å². The second-order valence-corrected chi connectivity index (χ2v) is 3.12. The average molecular weight is 225 g/mol. The summed E-state index contributed by atoms with van der Waals surface area (Å²) in [6.45, 7) is 3.97. The zero-order valence-corrected chi connectivity index (χ0v) is 8.77.